The van der Waals surface area contributed by atoms with Crippen LogP contribution in [0, 0.1) is 0 Å². The molecular formula is C10H18N4O3. The zero-order chi connectivity index (χ0) is 12.9. The van der Waals surface area contributed by atoms with E-state index >= 15 is 0 Å². The lowest BCUT2D eigenvalue weighted by Gasteiger charge is -2.00. The van der Waals surface area contributed by atoms with Crippen molar-refractivity contribution in [1.82, 2.24) is 10.9 Å². The molecule has 0 aliphatic rings. The van der Waals surface area contributed by atoms with Crippen molar-refractivity contribution >= 4 is 24.9 Å². The molecule has 0 unspecified atom stereocenters. The number of amides is 2. The highest BCUT2D eigenvalue weighted by atomic mass is 16.5. The lowest BCUT2D eigenvalue weighted by molar-refractivity contribution is -0.123. The van der Waals surface area contributed by atoms with Crippen molar-refractivity contribution in [2.75, 3.05) is 6.61 Å². The molecule has 0 saturated heterocycles. The summed E-state index contributed by atoms with van der Waals surface area (Å²) in [6.07, 6.45) is 3.05. The first-order chi connectivity index (χ1) is 8.20. The van der Waals surface area contributed by atoms with Crippen LogP contribution in [0.4, 0.5) is 0 Å². The summed E-state index contributed by atoms with van der Waals surface area (Å²) in [7, 11) is 0. The van der Waals surface area contributed by atoms with Crippen LogP contribution in [0.5, 0.6) is 0 Å². The number of carbonyl (C=O) groups excluding carboxylic acids is 2. The standard InChI is InChI=1S/C10H18N4O3/c1-3-17-8-12-14-10(16)7-5-4-6-9(15)13-11-2/h8H,2-7H2,1H3,(H,13,15)(H,14,16)/b12-8+. The molecule has 0 fully saturated rings. The third-order valence-electron chi connectivity index (χ3n) is 1.74. The molecule has 2 amide bonds. The van der Waals surface area contributed by atoms with Gasteiger partial charge in [0, 0.05) is 19.6 Å². The van der Waals surface area contributed by atoms with E-state index in [4.69, 9.17) is 4.74 Å². The van der Waals surface area contributed by atoms with Crippen LogP contribution < -0.4 is 10.9 Å². The molecule has 7 heteroatoms. The first-order valence-corrected chi connectivity index (χ1v) is 5.37. The third-order valence-corrected chi connectivity index (χ3v) is 1.74. The Bertz CT molecular complexity index is 279. The van der Waals surface area contributed by atoms with Gasteiger partial charge in [-0.3, -0.25) is 9.59 Å². The molecule has 0 rings (SSSR count). The van der Waals surface area contributed by atoms with E-state index < -0.39 is 0 Å². The second-order valence-corrected chi connectivity index (χ2v) is 3.13. The van der Waals surface area contributed by atoms with Crippen LogP contribution in [0.3, 0.4) is 0 Å². The highest BCUT2D eigenvalue weighted by Crippen LogP contribution is 1.99. The predicted molar refractivity (Wildman–Crippen MR) is 64.4 cm³/mol. The van der Waals surface area contributed by atoms with Gasteiger partial charge in [-0.15, -0.1) is 5.10 Å². The van der Waals surface area contributed by atoms with E-state index in [1.165, 1.54) is 6.40 Å². The maximum atomic E-state index is 11.2. The van der Waals surface area contributed by atoms with Crippen LogP contribution in [-0.4, -0.2) is 31.5 Å². The third kappa shape index (κ3) is 10.4. The number of nitrogens with one attached hydrogen (secondary N) is 2. The van der Waals surface area contributed by atoms with Crippen LogP contribution in [0.15, 0.2) is 10.2 Å². The van der Waals surface area contributed by atoms with Gasteiger partial charge >= 0.3 is 0 Å². The molecule has 0 aromatic rings. The Morgan fingerprint density at radius 3 is 2.35 bits per heavy atom. The molecule has 7 nitrogen and oxygen atoms in total. The molecule has 0 aromatic heterocycles. The first kappa shape index (κ1) is 15.1. The number of hydrogen-bond donors (Lipinski definition) is 2. The van der Waals surface area contributed by atoms with Crippen LogP contribution in [0.25, 0.3) is 0 Å². The van der Waals surface area contributed by atoms with Gasteiger partial charge in [-0.25, -0.2) is 10.9 Å². The maximum Gasteiger partial charge on any atom is 0.240 e. The van der Waals surface area contributed by atoms with E-state index in [-0.39, 0.29) is 11.8 Å². The normalized spacial score (nSPS) is 9.94. The van der Waals surface area contributed by atoms with Crippen LogP contribution in [-0.2, 0) is 14.3 Å². The summed E-state index contributed by atoms with van der Waals surface area (Å²) in [6.45, 7) is 5.45. The van der Waals surface area contributed by atoms with Crippen LogP contribution in [0.1, 0.15) is 32.6 Å². The van der Waals surface area contributed by atoms with Crippen LogP contribution >= 0.6 is 0 Å². The molecule has 0 atom stereocenters. The number of hydrazone groups is 2. The number of nitrogens with zero attached hydrogens (tertiary/aromatic N) is 2. The number of ether oxygens (including phenoxy) is 1. The maximum absolute atomic E-state index is 11.2. The number of carbonyl (C=O) groups is 2. The Labute approximate surface area is 100 Å². The largest absolute Gasteiger partial charge is 0.482 e. The number of unbranched alkanes of at least 4 members (excludes halogenated alkanes) is 1. The van der Waals surface area contributed by atoms with Crippen molar-refractivity contribution in [2.24, 2.45) is 10.2 Å². The van der Waals surface area contributed by atoms with Gasteiger partial charge in [0.25, 0.3) is 0 Å². The fourth-order valence-corrected chi connectivity index (χ4v) is 0.981. The Hall–Kier alpha value is -1.92. The summed E-state index contributed by atoms with van der Waals surface area (Å²) >= 11 is 0. The number of rotatable bonds is 9. The lowest BCUT2D eigenvalue weighted by Crippen LogP contribution is -2.18. The molecule has 0 aliphatic heterocycles. The topological polar surface area (TPSA) is 92.2 Å². The zero-order valence-corrected chi connectivity index (χ0v) is 9.94. The van der Waals surface area contributed by atoms with Gasteiger partial charge in [0.2, 0.25) is 11.8 Å². The van der Waals surface area contributed by atoms with Crippen molar-refractivity contribution < 1.29 is 14.3 Å². The summed E-state index contributed by atoms with van der Waals surface area (Å²) in [4.78, 5) is 22.1. The van der Waals surface area contributed by atoms with Crippen molar-refractivity contribution in [1.29, 1.82) is 0 Å². The highest BCUT2D eigenvalue weighted by molar-refractivity contribution is 5.77. The summed E-state index contributed by atoms with van der Waals surface area (Å²) < 4.78 is 4.79. The molecule has 0 heterocycles. The minimum absolute atomic E-state index is 0.199. The minimum atomic E-state index is -0.205. The monoisotopic (exact) mass is 242 g/mol. The Morgan fingerprint density at radius 1 is 1.24 bits per heavy atom. The van der Waals surface area contributed by atoms with E-state index in [0.717, 1.165) is 0 Å². The molecule has 0 bridgehead atoms. The summed E-state index contributed by atoms with van der Waals surface area (Å²) in [5.74, 6) is -0.405. The first-order valence-electron chi connectivity index (χ1n) is 5.37. The van der Waals surface area contributed by atoms with Gasteiger partial charge in [0.05, 0.1) is 6.61 Å². The molecule has 96 valence electrons. The fraction of sp³-hybridized carbons (Fsp3) is 0.600. The summed E-state index contributed by atoms with van der Waals surface area (Å²) in [5.41, 5.74) is 4.52. The van der Waals surface area contributed by atoms with E-state index in [0.29, 0.717) is 32.3 Å². The van der Waals surface area contributed by atoms with Crippen molar-refractivity contribution in [3.8, 4) is 0 Å². The molecule has 0 aromatic carbocycles. The van der Waals surface area contributed by atoms with Gasteiger partial charge < -0.3 is 4.74 Å². The van der Waals surface area contributed by atoms with Crippen molar-refractivity contribution in [3.05, 3.63) is 0 Å². The molecule has 0 saturated carbocycles. The van der Waals surface area contributed by atoms with E-state index in [1.54, 1.807) is 0 Å². The fourth-order valence-electron chi connectivity index (χ4n) is 0.981. The van der Waals surface area contributed by atoms with Crippen molar-refractivity contribution in [3.63, 3.8) is 0 Å². The summed E-state index contributed by atoms with van der Waals surface area (Å²) in [5, 5.41) is 6.80. The Balaban J connectivity index is 3.45. The average Bonchev–Trinajstić information content (AvgIpc) is 2.31. The van der Waals surface area contributed by atoms with Gasteiger partial charge in [-0.1, -0.05) is 0 Å². The Kier molecular flexibility index (Phi) is 9.40. The molecule has 0 aliphatic carbocycles. The van der Waals surface area contributed by atoms with E-state index in [1.807, 2.05) is 6.92 Å². The molecule has 2 N–H and O–H groups in total. The predicted octanol–water partition coefficient (Wildman–Crippen LogP) is 0.375. The van der Waals surface area contributed by atoms with E-state index in [9.17, 15) is 9.59 Å². The van der Waals surface area contributed by atoms with Crippen molar-refractivity contribution in [2.45, 2.75) is 32.6 Å². The second kappa shape index (κ2) is 10.6. The highest BCUT2D eigenvalue weighted by Gasteiger charge is 2.02. The second-order valence-electron chi connectivity index (χ2n) is 3.13. The van der Waals surface area contributed by atoms with Gasteiger partial charge in [-0.2, -0.15) is 5.10 Å². The van der Waals surface area contributed by atoms with Crippen LogP contribution in [0.2, 0.25) is 0 Å². The molecule has 0 spiro atoms. The SMILES string of the molecule is C=NNC(=O)CCCCC(=O)N/N=C/OCC. The van der Waals surface area contributed by atoms with E-state index in [2.05, 4.69) is 27.8 Å². The van der Waals surface area contributed by atoms with Gasteiger partial charge in [0.1, 0.15) is 0 Å². The lowest BCUT2D eigenvalue weighted by atomic mass is 10.2. The smallest absolute Gasteiger partial charge is 0.240 e. The number of hydrogen-bond acceptors (Lipinski definition) is 5. The molecule has 0 radical (unpaired) electrons. The average molecular weight is 242 g/mol. The summed E-state index contributed by atoms with van der Waals surface area (Å²) in [6, 6.07) is 0. The minimum Gasteiger partial charge on any atom is -0.482 e. The van der Waals surface area contributed by atoms with Gasteiger partial charge in [0.15, 0.2) is 6.40 Å². The molecular weight excluding hydrogens is 224 g/mol. The zero-order valence-electron chi connectivity index (χ0n) is 9.94. The quantitative estimate of drug-likeness (QED) is 0.265. The molecule has 17 heavy (non-hydrogen) atoms. The Morgan fingerprint density at radius 2 is 1.82 bits per heavy atom. The van der Waals surface area contributed by atoms with Gasteiger partial charge in [-0.05, 0) is 19.8 Å².